The first-order chi connectivity index (χ1) is 9.80. The molecule has 2 aromatic rings. The summed E-state index contributed by atoms with van der Waals surface area (Å²) >= 11 is 5.75. The molecule has 0 aliphatic rings. The van der Waals surface area contributed by atoms with E-state index in [4.69, 9.17) is 11.6 Å². The summed E-state index contributed by atoms with van der Waals surface area (Å²) < 4.78 is 51.5. The third-order valence-corrected chi connectivity index (χ3v) is 2.84. The molecule has 0 bridgehead atoms. The minimum atomic E-state index is -4.89. The highest BCUT2D eigenvalue weighted by molar-refractivity contribution is 6.33. The summed E-state index contributed by atoms with van der Waals surface area (Å²) in [5.41, 5.74) is -2.26. The zero-order valence-corrected chi connectivity index (χ0v) is 11.0. The standard InChI is InChI=1S/C13H7ClF4N2O/c14-9-5-2-6-19-11(9)20-12(21)7-3-1-4-8(10(7)15)13(16,17)18/h1-6H,(H,19,20,21). The van der Waals surface area contributed by atoms with Gasteiger partial charge in [-0.15, -0.1) is 0 Å². The number of nitrogens with one attached hydrogen (secondary N) is 1. The van der Waals surface area contributed by atoms with Crippen LogP contribution in [0.3, 0.4) is 0 Å². The topological polar surface area (TPSA) is 42.0 Å². The number of benzene rings is 1. The Bertz CT molecular complexity index is 688. The van der Waals surface area contributed by atoms with E-state index in [2.05, 4.69) is 10.3 Å². The minimum Gasteiger partial charge on any atom is -0.305 e. The number of aromatic nitrogens is 1. The van der Waals surface area contributed by atoms with Gasteiger partial charge in [-0.25, -0.2) is 9.37 Å². The van der Waals surface area contributed by atoms with E-state index in [1.807, 2.05) is 0 Å². The van der Waals surface area contributed by atoms with Crippen molar-refractivity contribution in [3.05, 3.63) is 58.5 Å². The first-order valence-corrected chi connectivity index (χ1v) is 5.96. The highest BCUT2D eigenvalue weighted by Gasteiger charge is 2.35. The average Bonchev–Trinajstić information content (AvgIpc) is 2.40. The summed E-state index contributed by atoms with van der Waals surface area (Å²) in [5, 5.41) is 2.24. The lowest BCUT2D eigenvalue weighted by atomic mass is 10.1. The van der Waals surface area contributed by atoms with Gasteiger partial charge in [0.15, 0.2) is 5.82 Å². The largest absolute Gasteiger partial charge is 0.419 e. The number of alkyl halides is 3. The van der Waals surface area contributed by atoms with Crippen LogP contribution in [0, 0.1) is 5.82 Å². The number of anilines is 1. The summed E-state index contributed by atoms with van der Waals surface area (Å²) in [6.07, 6.45) is -3.56. The summed E-state index contributed by atoms with van der Waals surface area (Å²) in [7, 11) is 0. The Morgan fingerprint density at radius 2 is 1.90 bits per heavy atom. The Morgan fingerprint density at radius 1 is 1.19 bits per heavy atom. The van der Waals surface area contributed by atoms with Gasteiger partial charge in [0.1, 0.15) is 5.82 Å². The SMILES string of the molecule is O=C(Nc1ncccc1Cl)c1cccc(C(F)(F)F)c1F. The number of pyridine rings is 1. The van der Waals surface area contributed by atoms with Crippen molar-refractivity contribution in [2.24, 2.45) is 0 Å². The quantitative estimate of drug-likeness (QED) is 0.845. The molecule has 0 aliphatic heterocycles. The molecule has 1 heterocycles. The monoisotopic (exact) mass is 318 g/mol. The van der Waals surface area contributed by atoms with Crippen LogP contribution in [0.1, 0.15) is 15.9 Å². The van der Waals surface area contributed by atoms with Gasteiger partial charge in [-0.05, 0) is 24.3 Å². The van der Waals surface area contributed by atoms with Crippen LogP contribution in [-0.4, -0.2) is 10.9 Å². The molecule has 0 spiro atoms. The number of carbonyl (C=O) groups excluding carboxylic acids is 1. The normalized spacial score (nSPS) is 11.3. The Kier molecular flexibility index (Phi) is 4.13. The molecule has 3 nitrogen and oxygen atoms in total. The molecule has 0 saturated heterocycles. The van der Waals surface area contributed by atoms with E-state index < -0.39 is 29.0 Å². The third kappa shape index (κ3) is 3.30. The molecule has 1 aromatic heterocycles. The van der Waals surface area contributed by atoms with Crippen LogP contribution in [-0.2, 0) is 6.18 Å². The first-order valence-electron chi connectivity index (χ1n) is 5.58. The van der Waals surface area contributed by atoms with Crippen molar-refractivity contribution in [1.29, 1.82) is 0 Å². The predicted octanol–water partition coefficient (Wildman–Crippen LogP) is 4.15. The number of hydrogen-bond donors (Lipinski definition) is 1. The Labute approximate surface area is 121 Å². The van der Waals surface area contributed by atoms with Crippen molar-refractivity contribution in [1.82, 2.24) is 4.98 Å². The van der Waals surface area contributed by atoms with Crippen LogP contribution in [0.15, 0.2) is 36.5 Å². The van der Waals surface area contributed by atoms with E-state index in [9.17, 15) is 22.4 Å². The highest BCUT2D eigenvalue weighted by atomic mass is 35.5. The smallest absolute Gasteiger partial charge is 0.305 e. The van der Waals surface area contributed by atoms with Crippen molar-refractivity contribution in [2.75, 3.05) is 5.32 Å². The zero-order chi connectivity index (χ0) is 15.6. The lowest BCUT2D eigenvalue weighted by Gasteiger charge is -2.11. The fourth-order valence-electron chi connectivity index (χ4n) is 1.58. The second kappa shape index (κ2) is 5.69. The number of rotatable bonds is 2. The molecule has 0 atom stereocenters. The van der Waals surface area contributed by atoms with Crippen molar-refractivity contribution in [3.63, 3.8) is 0 Å². The average molecular weight is 319 g/mol. The lowest BCUT2D eigenvalue weighted by Crippen LogP contribution is -2.18. The summed E-state index contributed by atoms with van der Waals surface area (Å²) in [6.45, 7) is 0. The minimum absolute atomic E-state index is 0.0685. The second-order valence-corrected chi connectivity index (χ2v) is 4.36. The molecule has 2 rings (SSSR count). The molecule has 8 heteroatoms. The fourth-order valence-corrected chi connectivity index (χ4v) is 1.75. The molecule has 0 saturated carbocycles. The van der Waals surface area contributed by atoms with Crippen molar-refractivity contribution < 1.29 is 22.4 Å². The van der Waals surface area contributed by atoms with Crippen LogP contribution in [0.5, 0.6) is 0 Å². The molecule has 0 unspecified atom stereocenters. The summed E-state index contributed by atoms with van der Waals surface area (Å²) in [4.78, 5) is 15.6. The van der Waals surface area contributed by atoms with Crippen molar-refractivity contribution in [2.45, 2.75) is 6.18 Å². The molecule has 0 aliphatic carbocycles. The molecule has 110 valence electrons. The van der Waals surface area contributed by atoms with Gasteiger partial charge in [-0.1, -0.05) is 17.7 Å². The van der Waals surface area contributed by atoms with Crippen LogP contribution >= 0.6 is 11.6 Å². The van der Waals surface area contributed by atoms with Gasteiger partial charge in [0.2, 0.25) is 0 Å². The summed E-state index contributed by atoms with van der Waals surface area (Å²) in [6, 6.07) is 5.37. The maximum Gasteiger partial charge on any atom is 0.419 e. The van der Waals surface area contributed by atoms with Crippen LogP contribution in [0.2, 0.25) is 5.02 Å². The second-order valence-electron chi connectivity index (χ2n) is 3.95. The predicted molar refractivity (Wildman–Crippen MR) is 68.6 cm³/mol. The molecule has 0 radical (unpaired) electrons. The van der Waals surface area contributed by atoms with Gasteiger partial charge in [-0.2, -0.15) is 13.2 Å². The Balaban J connectivity index is 2.35. The van der Waals surface area contributed by atoms with Crippen LogP contribution < -0.4 is 5.32 Å². The summed E-state index contributed by atoms with van der Waals surface area (Å²) in [5.74, 6) is -2.78. The van der Waals surface area contributed by atoms with Crippen molar-refractivity contribution in [3.8, 4) is 0 Å². The van der Waals surface area contributed by atoms with Gasteiger partial charge in [0, 0.05) is 6.20 Å². The van der Waals surface area contributed by atoms with Crippen LogP contribution in [0.4, 0.5) is 23.4 Å². The van der Waals surface area contributed by atoms with Gasteiger partial charge >= 0.3 is 6.18 Å². The number of halogens is 5. The molecular weight excluding hydrogens is 312 g/mol. The van der Waals surface area contributed by atoms with E-state index in [0.717, 1.165) is 12.1 Å². The Hall–Kier alpha value is -2.15. The molecule has 1 aromatic carbocycles. The van der Waals surface area contributed by atoms with E-state index >= 15 is 0 Å². The van der Waals surface area contributed by atoms with Gasteiger partial charge in [0.25, 0.3) is 5.91 Å². The fraction of sp³-hybridized carbons (Fsp3) is 0.0769. The number of carbonyl (C=O) groups is 1. The van der Waals surface area contributed by atoms with Gasteiger partial charge in [-0.3, -0.25) is 4.79 Å². The number of nitrogens with zero attached hydrogens (tertiary/aromatic N) is 1. The molecule has 0 fully saturated rings. The zero-order valence-electron chi connectivity index (χ0n) is 10.2. The van der Waals surface area contributed by atoms with Gasteiger partial charge in [0.05, 0.1) is 16.1 Å². The molecular formula is C13H7ClF4N2O. The van der Waals surface area contributed by atoms with E-state index in [1.54, 1.807) is 0 Å². The maximum absolute atomic E-state index is 13.8. The van der Waals surface area contributed by atoms with Crippen LogP contribution in [0.25, 0.3) is 0 Å². The molecule has 1 N–H and O–H groups in total. The number of amides is 1. The van der Waals surface area contributed by atoms with Crippen molar-refractivity contribution >= 4 is 23.3 Å². The van der Waals surface area contributed by atoms with E-state index in [1.165, 1.54) is 18.3 Å². The molecule has 1 amide bonds. The van der Waals surface area contributed by atoms with E-state index in [-0.39, 0.29) is 10.8 Å². The Morgan fingerprint density at radius 3 is 2.52 bits per heavy atom. The third-order valence-electron chi connectivity index (χ3n) is 2.54. The van der Waals surface area contributed by atoms with Gasteiger partial charge < -0.3 is 5.32 Å². The molecule has 21 heavy (non-hydrogen) atoms. The maximum atomic E-state index is 13.8. The highest BCUT2D eigenvalue weighted by Crippen LogP contribution is 2.32. The number of hydrogen-bond acceptors (Lipinski definition) is 2. The van der Waals surface area contributed by atoms with E-state index in [0.29, 0.717) is 6.07 Å². The lowest BCUT2D eigenvalue weighted by molar-refractivity contribution is -0.140. The first kappa shape index (κ1) is 15.2.